The van der Waals surface area contributed by atoms with Crippen LogP contribution in [0.1, 0.15) is 5.56 Å². The van der Waals surface area contributed by atoms with Gasteiger partial charge in [-0.2, -0.15) is 11.8 Å². The first-order valence-electron chi connectivity index (χ1n) is 4.86. The van der Waals surface area contributed by atoms with Crippen molar-refractivity contribution in [1.29, 1.82) is 0 Å². The molecular weight excluding hydrogens is 218 g/mol. The maximum atomic E-state index is 13.3. The van der Waals surface area contributed by atoms with E-state index < -0.39 is 11.6 Å². The van der Waals surface area contributed by atoms with Gasteiger partial charge in [0.15, 0.2) is 0 Å². The molecule has 0 spiro atoms. The quantitative estimate of drug-likeness (QED) is 0.840. The fourth-order valence-corrected chi connectivity index (χ4v) is 3.04. The second-order valence-corrected chi connectivity index (χ2v) is 4.88. The van der Waals surface area contributed by atoms with Crippen LogP contribution in [0.15, 0.2) is 18.2 Å². The summed E-state index contributed by atoms with van der Waals surface area (Å²) in [6.07, 6.45) is 0.125. The third kappa shape index (κ3) is 2.49. The van der Waals surface area contributed by atoms with Gasteiger partial charge >= 0.3 is 0 Å². The summed E-state index contributed by atoms with van der Waals surface area (Å²) in [5.41, 5.74) is 0.489. The zero-order valence-corrected chi connectivity index (χ0v) is 8.94. The normalized spacial score (nSPS) is 25.8. The minimum atomic E-state index is -0.558. The lowest BCUT2D eigenvalue weighted by Crippen LogP contribution is -2.20. The van der Waals surface area contributed by atoms with Gasteiger partial charge in [0.1, 0.15) is 11.6 Å². The number of thioether (sulfide) groups is 1. The molecule has 1 saturated heterocycles. The summed E-state index contributed by atoms with van der Waals surface area (Å²) in [5, 5.41) is 9.58. The smallest absolute Gasteiger partial charge is 0.129 e. The van der Waals surface area contributed by atoms with Crippen LogP contribution in [-0.2, 0) is 6.42 Å². The SMILES string of the molecule is OC1CSCC1Cc1ccc(F)cc1F. The molecule has 0 radical (unpaired) electrons. The van der Waals surface area contributed by atoms with Gasteiger partial charge in [0, 0.05) is 11.8 Å². The van der Waals surface area contributed by atoms with Crippen molar-refractivity contribution in [2.45, 2.75) is 12.5 Å². The van der Waals surface area contributed by atoms with Crippen LogP contribution >= 0.6 is 11.8 Å². The first kappa shape index (κ1) is 10.9. The lowest BCUT2D eigenvalue weighted by molar-refractivity contribution is 0.149. The van der Waals surface area contributed by atoms with Crippen LogP contribution in [0.25, 0.3) is 0 Å². The van der Waals surface area contributed by atoms with Gasteiger partial charge in [0.25, 0.3) is 0 Å². The van der Waals surface area contributed by atoms with Crippen molar-refractivity contribution in [2.75, 3.05) is 11.5 Å². The monoisotopic (exact) mass is 230 g/mol. The Kier molecular flexibility index (Phi) is 3.26. The van der Waals surface area contributed by atoms with Gasteiger partial charge in [-0.15, -0.1) is 0 Å². The van der Waals surface area contributed by atoms with Gasteiger partial charge in [-0.1, -0.05) is 6.07 Å². The summed E-state index contributed by atoms with van der Waals surface area (Å²) in [4.78, 5) is 0. The van der Waals surface area contributed by atoms with E-state index in [4.69, 9.17) is 0 Å². The molecule has 0 bridgehead atoms. The Bertz CT molecular complexity index is 356. The molecule has 2 unspecified atom stereocenters. The molecule has 1 aliphatic heterocycles. The Morgan fingerprint density at radius 3 is 2.73 bits per heavy atom. The highest BCUT2D eigenvalue weighted by Gasteiger charge is 2.26. The molecule has 1 N–H and O–H groups in total. The van der Waals surface area contributed by atoms with Gasteiger partial charge in [0.2, 0.25) is 0 Å². The van der Waals surface area contributed by atoms with E-state index >= 15 is 0 Å². The van der Waals surface area contributed by atoms with E-state index in [0.29, 0.717) is 17.7 Å². The molecule has 15 heavy (non-hydrogen) atoms. The molecule has 1 fully saturated rings. The van der Waals surface area contributed by atoms with Crippen molar-refractivity contribution in [1.82, 2.24) is 0 Å². The van der Waals surface area contributed by atoms with E-state index in [1.165, 1.54) is 12.1 Å². The number of halogens is 2. The summed E-state index contributed by atoms with van der Waals surface area (Å²) in [5.74, 6) is 0.581. The first-order valence-corrected chi connectivity index (χ1v) is 6.02. The predicted octanol–water partition coefficient (Wildman–Crippen LogP) is 2.23. The summed E-state index contributed by atoms with van der Waals surface area (Å²) in [6, 6.07) is 3.61. The number of aliphatic hydroxyl groups is 1. The van der Waals surface area contributed by atoms with Crippen LogP contribution in [0.4, 0.5) is 8.78 Å². The first-order chi connectivity index (χ1) is 7.16. The Labute approximate surface area is 91.5 Å². The van der Waals surface area contributed by atoms with Crippen LogP contribution in [-0.4, -0.2) is 22.7 Å². The van der Waals surface area contributed by atoms with Crippen LogP contribution < -0.4 is 0 Å². The summed E-state index contributed by atoms with van der Waals surface area (Å²) in [6.45, 7) is 0. The van der Waals surface area contributed by atoms with Crippen molar-refractivity contribution in [3.05, 3.63) is 35.4 Å². The van der Waals surface area contributed by atoms with Gasteiger partial charge in [-0.25, -0.2) is 8.78 Å². The summed E-state index contributed by atoms with van der Waals surface area (Å²) in [7, 11) is 0. The number of aliphatic hydroxyl groups excluding tert-OH is 1. The van der Waals surface area contributed by atoms with E-state index in [1.807, 2.05) is 0 Å². The molecule has 0 aromatic heterocycles. The van der Waals surface area contributed by atoms with E-state index in [1.54, 1.807) is 11.8 Å². The minimum Gasteiger partial charge on any atom is -0.392 e. The van der Waals surface area contributed by atoms with E-state index in [2.05, 4.69) is 0 Å². The number of hydrogen-bond acceptors (Lipinski definition) is 2. The molecular formula is C11H12F2OS. The van der Waals surface area contributed by atoms with Gasteiger partial charge in [-0.05, 0) is 29.7 Å². The molecule has 4 heteroatoms. The number of hydrogen-bond donors (Lipinski definition) is 1. The lowest BCUT2D eigenvalue weighted by Gasteiger charge is -2.13. The van der Waals surface area contributed by atoms with E-state index in [9.17, 15) is 13.9 Å². The Balaban J connectivity index is 2.10. The minimum absolute atomic E-state index is 0.0926. The molecule has 0 aliphatic carbocycles. The number of rotatable bonds is 2. The van der Waals surface area contributed by atoms with Gasteiger partial charge < -0.3 is 5.11 Å². The standard InChI is InChI=1S/C11H12F2OS/c12-9-2-1-7(10(13)4-9)3-8-5-15-6-11(8)14/h1-2,4,8,11,14H,3,5-6H2. The van der Waals surface area contributed by atoms with Crippen LogP contribution in [0.2, 0.25) is 0 Å². The lowest BCUT2D eigenvalue weighted by atomic mass is 9.96. The van der Waals surface area contributed by atoms with Crippen molar-refractivity contribution in [3.8, 4) is 0 Å². The molecule has 1 aromatic carbocycles. The Morgan fingerprint density at radius 2 is 2.13 bits per heavy atom. The zero-order chi connectivity index (χ0) is 10.8. The number of benzene rings is 1. The highest BCUT2D eigenvalue weighted by molar-refractivity contribution is 7.99. The van der Waals surface area contributed by atoms with Gasteiger partial charge in [-0.3, -0.25) is 0 Å². The molecule has 2 rings (SSSR count). The fraction of sp³-hybridized carbons (Fsp3) is 0.455. The molecule has 1 nitrogen and oxygen atoms in total. The highest BCUT2D eigenvalue weighted by Crippen LogP contribution is 2.28. The topological polar surface area (TPSA) is 20.2 Å². The van der Waals surface area contributed by atoms with E-state index in [-0.39, 0.29) is 12.0 Å². The third-order valence-corrected chi connectivity index (χ3v) is 3.90. The van der Waals surface area contributed by atoms with Gasteiger partial charge in [0.05, 0.1) is 6.10 Å². The molecule has 0 amide bonds. The summed E-state index contributed by atoms with van der Waals surface area (Å²) >= 11 is 1.67. The van der Waals surface area contributed by atoms with Crippen molar-refractivity contribution < 1.29 is 13.9 Å². The Morgan fingerprint density at radius 1 is 1.33 bits per heavy atom. The maximum absolute atomic E-state index is 13.3. The second kappa shape index (κ2) is 4.49. The van der Waals surface area contributed by atoms with Crippen LogP contribution in [0.5, 0.6) is 0 Å². The molecule has 1 heterocycles. The maximum Gasteiger partial charge on any atom is 0.129 e. The highest BCUT2D eigenvalue weighted by atomic mass is 32.2. The predicted molar refractivity (Wildman–Crippen MR) is 56.9 cm³/mol. The third-order valence-electron chi connectivity index (χ3n) is 2.66. The average molecular weight is 230 g/mol. The average Bonchev–Trinajstić information content (AvgIpc) is 2.57. The second-order valence-electron chi connectivity index (χ2n) is 3.80. The molecule has 82 valence electrons. The molecule has 1 aliphatic rings. The zero-order valence-electron chi connectivity index (χ0n) is 8.12. The molecule has 2 atom stereocenters. The van der Waals surface area contributed by atoms with Crippen molar-refractivity contribution in [2.24, 2.45) is 5.92 Å². The summed E-state index contributed by atoms with van der Waals surface area (Å²) < 4.78 is 25.9. The van der Waals surface area contributed by atoms with Crippen molar-refractivity contribution >= 4 is 11.8 Å². The van der Waals surface area contributed by atoms with Crippen LogP contribution in [0, 0.1) is 17.6 Å². The fourth-order valence-electron chi connectivity index (χ4n) is 1.75. The van der Waals surface area contributed by atoms with Crippen molar-refractivity contribution in [3.63, 3.8) is 0 Å². The largest absolute Gasteiger partial charge is 0.392 e. The molecule has 1 aromatic rings. The van der Waals surface area contributed by atoms with E-state index in [0.717, 1.165) is 11.8 Å². The Hall–Kier alpha value is -0.610. The molecule has 0 saturated carbocycles. The van der Waals surface area contributed by atoms with Crippen LogP contribution in [0.3, 0.4) is 0 Å².